The highest BCUT2D eigenvalue weighted by Gasteiger charge is 2.21. The van der Waals surface area contributed by atoms with Crippen molar-refractivity contribution >= 4 is 16.5 Å². The number of nitrogens with zero attached hydrogens (tertiary/aromatic N) is 1. The Morgan fingerprint density at radius 1 is 1.24 bits per heavy atom. The molecule has 0 saturated heterocycles. The predicted octanol–water partition coefficient (Wildman–Crippen LogP) is 1.71. The zero-order valence-electron chi connectivity index (χ0n) is 9.17. The van der Waals surface area contributed by atoms with Gasteiger partial charge in [0.05, 0.1) is 10.3 Å². The predicted molar refractivity (Wildman–Crippen MR) is 66.6 cm³/mol. The van der Waals surface area contributed by atoms with Crippen LogP contribution in [-0.2, 0) is 0 Å². The molecule has 2 aromatic carbocycles. The van der Waals surface area contributed by atoms with Crippen LogP contribution in [0.1, 0.15) is 11.6 Å². The maximum atomic E-state index is 11.2. The summed E-state index contributed by atoms with van der Waals surface area (Å²) in [5.41, 5.74) is 11.8. The molecule has 17 heavy (non-hydrogen) atoms. The highest BCUT2D eigenvalue weighted by Crippen LogP contribution is 2.32. The van der Waals surface area contributed by atoms with E-state index in [9.17, 15) is 10.1 Å². The second-order valence-electron chi connectivity index (χ2n) is 3.82. The average molecular weight is 231 g/mol. The van der Waals surface area contributed by atoms with Crippen LogP contribution in [0.25, 0.3) is 10.8 Å². The van der Waals surface area contributed by atoms with Crippen LogP contribution in [0, 0.1) is 10.1 Å². The first-order chi connectivity index (χ1) is 8.15. The third-order valence-electron chi connectivity index (χ3n) is 2.77. The Hall–Kier alpha value is -1.98. The van der Waals surface area contributed by atoms with Crippen molar-refractivity contribution in [2.24, 2.45) is 11.5 Å². The molecule has 2 aromatic rings. The van der Waals surface area contributed by atoms with Crippen molar-refractivity contribution in [3.63, 3.8) is 0 Å². The minimum absolute atomic E-state index is 0.0565. The summed E-state index contributed by atoms with van der Waals surface area (Å²) in [5, 5.41) is 12.6. The van der Waals surface area contributed by atoms with E-state index in [0.29, 0.717) is 10.9 Å². The van der Waals surface area contributed by atoms with Crippen molar-refractivity contribution < 1.29 is 4.92 Å². The van der Waals surface area contributed by atoms with Gasteiger partial charge in [0.25, 0.3) is 5.69 Å². The molecule has 1 atom stereocenters. The smallest absolute Gasteiger partial charge is 0.281 e. The number of benzene rings is 2. The van der Waals surface area contributed by atoms with Gasteiger partial charge in [0.15, 0.2) is 0 Å². The van der Waals surface area contributed by atoms with Gasteiger partial charge in [0.1, 0.15) is 0 Å². The summed E-state index contributed by atoms with van der Waals surface area (Å²) >= 11 is 0. The van der Waals surface area contributed by atoms with Crippen LogP contribution >= 0.6 is 0 Å². The highest BCUT2D eigenvalue weighted by atomic mass is 16.6. The lowest BCUT2D eigenvalue weighted by atomic mass is 9.99. The van der Waals surface area contributed by atoms with Gasteiger partial charge in [-0.25, -0.2) is 0 Å². The number of nitrogens with two attached hydrogens (primary N) is 2. The molecule has 0 aromatic heterocycles. The molecule has 0 radical (unpaired) electrons. The Morgan fingerprint density at radius 2 is 1.94 bits per heavy atom. The average Bonchev–Trinajstić information content (AvgIpc) is 2.36. The summed E-state index contributed by atoms with van der Waals surface area (Å²) < 4.78 is 0. The molecule has 0 aliphatic carbocycles. The van der Waals surface area contributed by atoms with Gasteiger partial charge in [-0.3, -0.25) is 10.1 Å². The molecule has 0 aliphatic rings. The van der Waals surface area contributed by atoms with Gasteiger partial charge in [-0.1, -0.05) is 24.3 Å². The van der Waals surface area contributed by atoms with E-state index in [2.05, 4.69) is 0 Å². The molecule has 4 N–H and O–H groups in total. The Kier molecular flexibility index (Phi) is 3.03. The van der Waals surface area contributed by atoms with E-state index in [0.717, 1.165) is 5.39 Å². The Balaban J connectivity index is 2.77. The number of hydrogen-bond donors (Lipinski definition) is 2. The van der Waals surface area contributed by atoms with Gasteiger partial charge in [-0.15, -0.1) is 0 Å². The van der Waals surface area contributed by atoms with Crippen LogP contribution in [0.15, 0.2) is 36.4 Å². The molecule has 0 fully saturated rings. The SMILES string of the molecule is NC[C@H](N)c1ccc2ccccc2c1[N+](=O)[O-]. The molecule has 0 spiro atoms. The molecular formula is C12H13N3O2. The van der Waals surface area contributed by atoms with Crippen LogP contribution in [0.4, 0.5) is 5.69 Å². The first-order valence-corrected chi connectivity index (χ1v) is 5.27. The van der Waals surface area contributed by atoms with Crippen LogP contribution in [-0.4, -0.2) is 11.5 Å². The molecule has 88 valence electrons. The van der Waals surface area contributed by atoms with Gasteiger partial charge in [0, 0.05) is 18.2 Å². The third-order valence-corrected chi connectivity index (χ3v) is 2.77. The second kappa shape index (κ2) is 4.48. The molecule has 0 unspecified atom stereocenters. The van der Waals surface area contributed by atoms with Crippen LogP contribution in [0.2, 0.25) is 0 Å². The Labute approximate surface area is 98.2 Å². The Bertz CT molecular complexity index is 569. The van der Waals surface area contributed by atoms with Crippen molar-refractivity contribution in [1.29, 1.82) is 0 Å². The van der Waals surface area contributed by atoms with E-state index in [1.807, 2.05) is 18.2 Å². The van der Waals surface area contributed by atoms with Crippen molar-refractivity contribution in [1.82, 2.24) is 0 Å². The molecule has 5 heteroatoms. The minimum Gasteiger partial charge on any atom is -0.329 e. The number of hydrogen-bond acceptors (Lipinski definition) is 4. The van der Waals surface area contributed by atoms with Gasteiger partial charge < -0.3 is 11.5 Å². The van der Waals surface area contributed by atoms with E-state index >= 15 is 0 Å². The molecule has 0 heterocycles. The van der Waals surface area contributed by atoms with E-state index in [-0.39, 0.29) is 12.2 Å². The van der Waals surface area contributed by atoms with E-state index in [4.69, 9.17) is 11.5 Å². The highest BCUT2D eigenvalue weighted by molar-refractivity contribution is 5.92. The van der Waals surface area contributed by atoms with Crippen LogP contribution in [0.3, 0.4) is 0 Å². The molecule has 2 rings (SSSR count). The maximum absolute atomic E-state index is 11.2. The number of nitro groups is 1. The lowest BCUT2D eigenvalue weighted by Crippen LogP contribution is -2.21. The summed E-state index contributed by atoms with van der Waals surface area (Å²) in [7, 11) is 0. The van der Waals surface area contributed by atoms with E-state index in [1.165, 1.54) is 0 Å². The number of nitro benzene ring substituents is 1. The molecule has 0 aliphatic heterocycles. The zero-order valence-corrected chi connectivity index (χ0v) is 9.17. The third kappa shape index (κ3) is 1.98. The summed E-state index contributed by atoms with van der Waals surface area (Å²) in [6, 6.07) is 10.2. The lowest BCUT2D eigenvalue weighted by Gasteiger charge is -2.11. The fourth-order valence-electron chi connectivity index (χ4n) is 1.90. The summed E-state index contributed by atoms with van der Waals surface area (Å²) in [6.45, 7) is 0.180. The van der Waals surface area contributed by atoms with Gasteiger partial charge in [-0.2, -0.15) is 0 Å². The fraction of sp³-hybridized carbons (Fsp3) is 0.167. The quantitative estimate of drug-likeness (QED) is 0.620. The number of fused-ring (bicyclic) bond motifs is 1. The summed E-state index contributed by atoms with van der Waals surface area (Å²) in [4.78, 5) is 10.8. The molecule has 5 nitrogen and oxygen atoms in total. The lowest BCUT2D eigenvalue weighted by molar-refractivity contribution is -0.383. The standard InChI is InChI=1S/C12H13N3O2/c13-7-11(14)10-6-5-8-3-1-2-4-9(8)12(10)15(16)17/h1-6,11H,7,13-14H2/t11-/m0/s1. The Morgan fingerprint density at radius 3 is 2.59 bits per heavy atom. The largest absolute Gasteiger partial charge is 0.329 e. The van der Waals surface area contributed by atoms with Gasteiger partial charge in [0.2, 0.25) is 0 Å². The maximum Gasteiger partial charge on any atom is 0.281 e. The molecule has 0 saturated carbocycles. The van der Waals surface area contributed by atoms with Gasteiger partial charge >= 0.3 is 0 Å². The minimum atomic E-state index is -0.514. The monoisotopic (exact) mass is 231 g/mol. The van der Waals surface area contributed by atoms with Crippen molar-refractivity contribution in [3.05, 3.63) is 52.1 Å². The second-order valence-corrected chi connectivity index (χ2v) is 3.82. The first kappa shape index (κ1) is 11.5. The van der Waals surface area contributed by atoms with Crippen molar-refractivity contribution in [2.45, 2.75) is 6.04 Å². The molecule has 0 amide bonds. The van der Waals surface area contributed by atoms with E-state index < -0.39 is 11.0 Å². The summed E-state index contributed by atoms with van der Waals surface area (Å²) in [6.07, 6.45) is 0. The van der Waals surface area contributed by atoms with Crippen molar-refractivity contribution in [2.75, 3.05) is 6.54 Å². The topological polar surface area (TPSA) is 95.2 Å². The first-order valence-electron chi connectivity index (χ1n) is 5.27. The van der Waals surface area contributed by atoms with Gasteiger partial charge in [-0.05, 0) is 17.5 Å². The normalized spacial score (nSPS) is 12.6. The zero-order chi connectivity index (χ0) is 12.4. The number of rotatable bonds is 3. The van der Waals surface area contributed by atoms with Crippen molar-refractivity contribution in [3.8, 4) is 0 Å². The fourth-order valence-corrected chi connectivity index (χ4v) is 1.90. The van der Waals surface area contributed by atoms with E-state index in [1.54, 1.807) is 18.2 Å². The molecular weight excluding hydrogens is 218 g/mol. The van der Waals surface area contributed by atoms with Crippen LogP contribution < -0.4 is 11.5 Å². The summed E-state index contributed by atoms with van der Waals surface area (Å²) in [5.74, 6) is 0. The van der Waals surface area contributed by atoms with Crippen LogP contribution in [0.5, 0.6) is 0 Å². The molecule has 0 bridgehead atoms.